The van der Waals surface area contributed by atoms with Gasteiger partial charge in [-0.25, -0.2) is 0 Å². The van der Waals surface area contributed by atoms with Gasteiger partial charge in [0.1, 0.15) is 12.1 Å². The summed E-state index contributed by atoms with van der Waals surface area (Å²) in [7, 11) is 1.74. The van der Waals surface area contributed by atoms with Crippen molar-refractivity contribution < 1.29 is 9.59 Å². The third-order valence-electron chi connectivity index (χ3n) is 5.61. The standard InChI is InChI=1S/C19H27N3O3/c1-13(15-8-9-15)21(2)18(24)16-7-4-10-22(19(16)25)12-17(23)20-11-14-5-3-6-14/h4,7,10,13-15H,3,5-6,8-9,11-12H2,1-2H3,(H,20,23)/t13-/m1/s1. The number of amides is 2. The smallest absolute Gasteiger partial charge is 0.263 e. The molecule has 136 valence electrons. The third-order valence-corrected chi connectivity index (χ3v) is 5.61. The summed E-state index contributed by atoms with van der Waals surface area (Å²) in [4.78, 5) is 39.0. The number of nitrogens with one attached hydrogen (secondary N) is 1. The Morgan fingerprint density at radius 1 is 1.32 bits per heavy atom. The first-order valence-corrected chi connectivity index (χ1v) is 9.20. The quantitative estimate of drug-likeness (QED) is 0.816. The number of rotatable bonds is 7. The summed E-state index contributed by atoms with van der Waals surface area (Å²) >= 11 is 0. The Kier molecular flexibility index (Phi) is 5.25. The van der Waals surface area contributed by atoms with E-state index in [4.69, 9.17) is 0 Å². The topological polar surface area (TPSA) is 71.4 Å². The molecule has 0 radical (unpaired) electrons. The highest BCUT2D eigenvalue weighted by atomic mass is 16.2. The minimum Gasteiger partial charge on any atom is -0.354 e. The molecule has 1 aromatic heterocycles. The predicted octanol–water partition coefficient (Wildman–Crippen LogP) is 1.64. The van der Waals surface area contributed by atoms with Crippen LogP contribution in [0.25, 0.3) is 0 Å². The first-order valence-electron chi connectivity index (χ1n) is 9.20. The molecule has 2 aliphatic rings. The number of hydrogen-bond donors (Lipinski definition) is 1. The van der Waals surface area contributed by atoms with Crippen LogP contribution in [-0.2, 0) is 11.3 Å². The normalized spacial score (nSPS) is 18.3. The summed E-state index contributed by atoms with van der Waals surface area (Å²) in [6, 6.07) is 3.33. The SMILES string of the molecule is C[C@H](C1CC1)N(C)C(=O)c1cccn(CC(=O)NCC2CCC2)c1=O. The van der Waals surface area contributed by atoms with Crippen LogP contribution in [0.15, 0.2) is 23.1 Å². The van der Waals surface area contributed by atoms with Gasteiger partial charge in [0.25, 0.3) is 11.5 Å². The lowest BCUT2D eigenvalue weighted by molar-refractivity contribution is -0.122. The Labute approximate surface area is 148 Å². The average molecular weight is 345 g/mol. The van der Waals surface area contributed by atoms with Crippen molar-refractivity contribution in [2.45, 2.75) is 51.6 Å². The van der Waals surface area contributed by atoms with E-state index < -0.39 is 5.56 Å². The molecule has 0 spiro atoms. The van der Waals surface area contributed by atoms with Gasteiger partial charge in [-0.15, -0.1) is 0 Å². The molecule has 2 fully saturated rings. The van der Waals surface area contributed by atoms with Gasteiger partial charge in [0.15, 0.2) is 0 Å². The molecule has 25 heavy (non-hydrogen) atoms. The van der Waals surface area contributed by atoms with Crippen molar-refractivity contribution in [2.75, 3.05) is 13.6 Å². The molecule has 1 heterocycles. The molecule has 1 aromatic rings. The second kappa shape index (κ2) is 7.42. The molecule has 0 aliphatic heterocycles. The molecule has 1 atom stereocenters. The third kappa shape index (κ3) is 4.11. The average Bonchev–Trinajstić information content (AvgIpc) is 3.38. The van der Waals surface area contributed by atoms with Gasteiger partial charge in [-0.2, -0.15) is 0 Å². The van der Waals surface area contributed by atoms with Crippen molar-refractivity contribution >= 4 is 11.8 Å². The van der Waals surface area contributed by atoms with Gasteiger partial charge in [0.2, 0.25) is 5.91 Å². The summed E-state index contributed by atoms with van der Waals surface area (Å²) < 4.78 is 1.32. The lowest BCUT2D eigenvalue weighted by atomic mass is 9.85. The highest BCUT2D eigenvalue weighted by molar-refractivity contribution is 5.94. The summed E-state index contributed by atoms with van der Waals surface area (Å²) in [5.74, 6) is 0.662. The van der Waals surface area contributed by atoms with Crippen molar-refractivity contribution in [3.8, 4) is 0 Å². The van der Waals surface area contributed by atoms with E-state index in [1.165, 1.54) is 11.0 Å². The van der Waals surface area contributed by atoms with Crippen LogP contribution in [0, 0.1) is 11.8 Å². The van der Waals surface area contributed by atoms with Crippen molar-refractivity contribution in [1.82, 2.24) is 14.8 Å². The predicted molar refractivity (Wildman–Crippen MR) is 95.3 cm³/mol. The maximum atomic E-state index is 12.7. The van der Waals surface area contributed by atoms with Gasteiger partial charge in [-0.1, -0.05) is 6.42 Å². The van der Waals surface area contributed by atoms with Gasteiger partial charge < -0.3 is 14.8 Å². The van der Waals surface area contributed by atoms with Gasteiger partial charge in [0.05, 0.1) is 0 Å². The van der Waals surface area contributed by atoms with Crippen molar-refractivity contribution in [3.63, 3.8) is 0 Å². The maximum Gasteiger partial charge on any atom is 0.263 e. The van der Waals surface area contributed by atoms with Gasteiger partial charge in [-0.05, 0) is 56.6 Å². The minimum absolute atomic E-state index is 0.0471. The van der Waals surface area contributed by atoms with Gasteiger partial charge in [-0.3, -0.25) is 14.4 Å². The summed E-state index contributed by atoms with van der Waals surface area (Å²) in [5, 5.41) is 2.88. The van der Waals surface area contributed by atoms with E-state index in [2.05, 4.69) is 5.32 Å². The lowest BCUT2D eigenvalue weighted by Crippen LogP contribution is -2.41. The van der Waals surface area contributed by atoms with Crippen LogP contribution < -0.4 is 10.9 Å². The van der Waals surface area contributed by atoms with E-state index >= 15 is 0 Å². The fourth-order valence-corrected chi connectivity index (χ4v) is 3.26. The lowest BCUT2D eigenvalue weighted by Gasteiger charge is -2.25. The van der Waals surface area contributed by atoms with Gasteiger partial charge in [0, 0.05) is 25.8 Å². The highest BCUT2D eigenvalue weighted by Crippen LogP contribution is 2.34. The van der Waals surface area contributed by atoms with E-state index in [1.54, 1.807) is 30.3 Å². The molecular weight excluding hydrogens is 318 g/mol. The number of pyridine rings is 1. The molecule has 1 N–H and O–H groups in total. The number of hydrogen-bond acceptors (Lipinski definition) is 3. The molecule has 2 saturated carbocycles. The fourth-order valence-electron chi connectivity index (χ4n) is 3.26. The first-order chi connectivity index (χ1) is 12.0. The van der Waals surface area contributed by atoms with Crippen LogP contribution in [0.3, 0.4) is 0 Å². The van der Waals surface area contributed by atoms with Crippen molar-refractivity contribution in [2.24, 2.45) is 11.8 Å². The summed E-state index contributed by atoms with van der Waals surface area (Å²) in [6.07, 6.45) is 7.40. The van der Waals surface area contributed by atoms with Crippen LogP contribution in [0.4, 0.5) is 0 Å². The zero-order valence-electron chi connectivity index (χ0n) is 15.0. The van der Waals surface area contributed by atoms with Crippen LogP contribution in [0.5, 0.6) is 0 Å². The minimum atomic E-state index is -0.402. The fraction of sp³-hybridized carbons (Fsp3) is 0.632. The number of nitrogens with zero attached hydrogens (tertiary/aromatic N) is 2. The van der Waals surface area contributed by atoms with E-state index in [9.17, 15) is 14.4 Å². The Bertz CT molecular complexity index is 704. The highest BCUT2D eigenvalue weighted by Gasteiger charge is 2.33. The molecule has 6 nitrogen and oxygen atoms in total. The van der Waals surface area contributed by atoms with Crippen molar-refractivity contribution in [1.29, 1.82) is 0 Å². The second-order valence-corrected chi connectivity index (χ2v) is 7.45. The molecule has 6 heteroatoms. The number of carbonyl (C=O) groups is 2. The Balaban J connectivity index is 1.65. The monoisotopic (exact) mass is 345 g/mol. The molecule has 0 saturated heterocycles. The van der Waals surface area contributed by atoms with Gasteiger partial charge >= 0.3 is 0 Å². The number of carbonyl (C=O) groups excluding carboxylic acids is 2. The number of aromatic nitrogens is 1. The summed E-state index contributed by atoms with van der Waals surface area (Å²) in [5.41, 5.74) is -0.273. The Morgan fingerprint density at radius 3 is 2.64 bits per heavy atom. The Hall–Kier alpha value is -2.11. The maximum absolute atomic E-state index is 12.7. The van der Waals surface area contributed by atoms with Crippen LogP contribution >= 0.6 is 0 Å². The molecule has 2 aliphatic carbocycles. The molecule has 3 rings (SSSR count). The van der Waals surface area contributed by atoms with E-state index in [-0.39, 0.29) is 30.0 Å². The largest absolute Gasteiger partial charge is 0.354 e. The first kappa shape index (κ1) is 17.7. The van der Waals surface area contributed by atoms with E-state index in [1.807, 2.05) is 6.92 Å². The van der Waals surface area contributed by atoms with Crippen molar-refractivity contribution in [3.05, 3.63) is 34.2 Å². The summed E-state index contributed by atoms with van der Waals surface area (Å²) in [6.45, 7) is 2.65. The molecule has 0 unspecified atom stereocenters. The van der Waals surface area contributed by atoms with Crippen LogP contribution in [-0.4, -0.2) is 40.9 Å². The molecule has 2 amide bonds. The molecule has 0 aromatic carbocycles. The Morgan fingerprint density at radius 2 is 2.04 bits per heavy atom. The zero-order valence-corrected chi connectivity index (χ0v) is 15.0. The molecular formula is C19H27N3O3. The van der Waals surface area contributed by atoms with Crippen LogP contribution in [0.2, 0.25) is 0 Å². The second-order valence-electron chi connectivity index (χ2n) is 7.45. The van der Waals surface area contributed by atoms with E-state index in [0.29, 0.717) is 18.4 Å². The van der Waals surface area contributed by atoms with Crippen LogP contribution in [0.1, 0.15) is 49.4 Å². The van der Waals surface area contributed by atoms with E-state index in [0.717, 1.165) is 25.7 Å². The molecule has 0 bridgehead atoms. The zero-order chi connectivity index (χ0) is 18.0.